The molecule has 3 unspecified atom stereocenters. The SMILES string of the molecule is CCCC(=O)OC(C)CC(=O)N[C@@H](CCN)C(=O)N[C@H](C(=O)N[C@@H](CCN)C(=O)N[C@H]1CCNC(=O)[C@H](C(C)O)NC(=O)[C@H](CCN)NC(=O)[C@H](CCN)NC(=O)[C@H](CC(C)C)NC(=O)[C@@H](Cc2ccccc2)NC(=O)[C@H](CCN)NC1)C(C)O. The van der Waals surface area contributed by atoms with Crippen LogP contribution in [0.15, 0.2) is 30.3 Å². The lowest BCUT2D eigenvalue weighted by atomic mass is 10.00. The van der Waals surface area contributed by atoms with Crippen molar-refractivity contribution in [2.45, 2.75) is 191 Å². The number of carbonyl (C=O) groups is 11. The molecule has 1 saturated heterocycles. The number of amides is 10. The van der Waals surface area contributed by atoms with E-state index < -0.39 is 144 Å². The quantitative estimate of drug-likeness (QED) is 0.0347. The fraction of sp³-hybridized carbons (Fsp3) is 0.691. The van der Waals surface area contributed by atoms with E-state index in [4.69, 9.17) is 33.4 Å². The Kier molecular flexibility index (Phi) is 34.6. The normalized spacial score (nSPS) is 22.9. The van der Waals surface area contributed by atoms with Crippen molar-refractivity contribution in [2.75, 3.05) is 45.8 Å². The molecule has 13 atom stereocenters. The van der Waals surface area contributed by atoms with E-state index in [0.717, 1.165) is 0 Å². The van der Waals surface area contributed by atoms with Gasteiger partial charge in [0.15, 0.2) is 0 Å². The zero-order valence-corrected chi connectivity index (χ0v) is 49.9. The third-order valence-electron chi connectivity index (χ3n) is 13.5. The molecule has 0 radical (unpaired) electrons. The molecule has 2 rings (SSSR count). The minimum atomic E-state index is -1.70. The van der Waals surface area contributed by atoms with Gasteiger partial charge in [0.2, 0.25) is 59.1 Å². The first-order valence-electron chi connectivity index (χ1n) is 29.2. The van der Waals surface area contributed by atoms with Gasteiger partial charge in [0.1, 0.15) is 54.4 Å². The van der Waals surface area contributed by atoms with Crippen molar-refractivity contribution in [2.24, 2.45) is 34.6 Å². The second-order valence-electron chi connectivity index (χ2n) is 21.6. The molecule has 0 aliphatic carbocycles. The predicted octanol–water partition coefficient (Wildman–Crippen LogP) is -6.26. The van der Waals surface area contributed by atoms with Gasteiger partial charge in [-0.3, -0.25) is 52.7 Å². The molecule has 1 aromatic carbocycles. The molecule has 480 valence electrons. The Morgan fingerprint density at radius 3 is 1.68 bits per heavy atom. The fourth-order valence-electron chi connectivity index (χ4n) is 9.00. The van der Waals surface area contributed by atoms with E-state index in [1.807, 2.05) is 13.8 Å². The Morgan fingerprint density at radius 1 is 0.624 bits per heavy atom. The zero-order chi connectivity index (χ0) is 63.8. The molecule has 0 spiro atoms. The Morgan fingerprint density at radius 2 is 1.14 bits per heavy atom. The lowest BCUT2D eigenvalue weighted by Crippen LogP contribution is -2.61. The van der Waals surface area contributed by atoms with Crippen LogP contribution < -0.4 is 87.2 Å². The van der Waals surface area contributed by atoms with E-state index in [1.54, 1.807) is 37.3 Å². The number of nitrogens with one attached hydrogen (secondary N) is 11. The summed E-state index contributed by atoms with van der Waals surface area (Å²) in [6.45, 7) is 8.33. The third-order valence-corrected chi connectivity index (χ3v) is 13.5. The van der Waals surface area contributed by atoms with Crippen LogP contribution in [0.25, 0.3) is 0 Å². The first-order chi connectivity index (χ1) is 40.3. The maximum atomic E-state index is 14.4. The molecule has 1 fully saturated rings. The standard InChI is InChI=1S/C55H96N16O14/c1-7-11-44(75)85-31(4)27-43(74)64-37(15-21-57)50(79)71-46(33(6)73)55(84)67-38(16-22-58)48(77)63-35-19-25-61-54(83)45(32(5)72)70-51(80)40(18-24-60)65-49(78)39(17-23-59)66-52(81)41(26-30(2)3)68-53(82)42(28-34-12-9-8-10-13-34)69-47(76)36(14-20-56)62-29-35/h8-10,12-13,30-33,35-42,45-46,62,72-73H,7,11,14-29,56-60H2,1-6H3,(H,61,83)(H,63,77)(H,64,74)(H,65,78)(H,66,81)(H,67,84)(H,68,82)(H,69,76)(H,70,80)(H,71,79)/t31?,32?,33?,35-,36-,37-,38-,39-,40-,41-,42+,45-,46-/m0/s1. The van der Waals surface area contributed by atoms with Crippen LogP contribution in [0, 0.1) is 5.92 Å². The number of aliphatic hydroxyl groups excluding tert-OH is 2. The number of esters is 1. The lowest BCUT2D eigenvalue weighted by Gasteiger charge is -2.29. The minimum absolute atomic E-state index is 0.0193. The van der Waals surface area contributed by atoms with Crippen LogP contribution in [0.1, 0.15) is 111 Å². The molecule has 1 heterocycles. The molecule has 30 heteroatoms. The van der Waals surface area contributed by atoms with E-state index in [9.17, 15) is 63.0 Å². The van der Waals surface area contributed by atoms with E-state index >= 15 is 0 Å². The molecule has 0 aromatic heterocycles. The maximum Gasteiger partial charge on any atom is 0.306 e. The molecular weight excluding hydrogens is 1110 g/mol. The highest BCUT2D eigenvalue weighted by atomic mass is 16.5. The summed E-state index contributed by atoms with van der Waals surface area (Å²) in [4.78, 5) is 151. The van der Waals surface area contributed by atoms with E-state index in [1.165, 1.54) is 20.8 Å². The van der Waals surface area contributed by atoms with Crippen LogP contribution in [-0.4, -0.2) is 200 Å². The first kappa shape index (κ1) is 74.2. The summed E-state index contributed by atoms with van der Waals surface area (Å²) in [5.74, 6) is -9.01. The molecule has 1 aliphatic rings. The van der Waals surface area contributed by atoms with Crippen molar-refractivity contribution < 1.29 is 67.7 Å². The summed E-state index contributed by atoms with van der Waals surface area (Å²) >= 11 is 0. The smallest absolute Gasteiger partial charge is 0.306 e. The number of ether oxygens (including phenoxy) is 1. The summed E-state index contributed by atoms with van der Waals surface area (Å²) in [5.41, 5.74) is 30.1. The molecule has 1 aliphatic heterocycles. The van der Waals surface area contributed by atoms with Crippen LogP contribution >= 0.6 is 0 Å². The number of nitrogens with two attached hydrogens (primary N) is 5. The van der Waals surface area contributed by atoms with Gasteiger partial charge >= 0.3 is 5.97 Å². The number of hydrogen-bond donors (Lipinski definition) is 18. The highest BCUT2D eigenvalue weighted by molar-refractivity contribution is 5.97. The van der Waals surface area contributed by atoms with Crippen molar-refractivity contribution in [1.82, 2.24) is 58.5 Å². The lowest BCUT2D eigenvalue weighted by molar-refractivity contribution is -0.149. The van der Waals surface area contributed by atoms with Gasteiger partial charge in [-0.25, -0.2) is 0 Å². The second-order valence-corrected chi connectivity index (χ2v) is 21.6. The maximum absolute atomic E-state index is 14.4. The predicted molar refractivity (Wildman–Crippen MR) is 313 cm³/mol. The Balaban J connectivity index is 2.63. The van der Waals surface area contributed by atoms with Gasteiger partial charge < -0.3 is 102 Å². The van der Waals surface area contributed by atoms with Crippen LogP contribution in [0.3, 0.4) is 0 Å². The summed E-state index contributed by atoms with van der Waals surface area (Å²) in [6.07, 6.45) is -4.19. The van der Waals surface area contributed by atoms with Crippen molar-refractivity contribution in [3.8, 4) is 0 Å². The van der Waals surface area contributed by atoms with Crippen molar-refractivity contribution in [1.29, 1.82) is 0 Å². The summed E-state index contributed by atoms with van der Waals surface area (Å²) in [6, 6.07) is -4.78. The number of rotatable bonds is 28. The van der Waals surface area contributed by atoms with Gasteiger partial charge in [0, 0.05) is 32.0 Å². The summed E-state index contributed by atoms with van der Waals surface area (Å²) in [5, 5.41) is 50.7. The van der Waals surface area contributed by atoms with Crippen molar-refractivity contribution in [3.05, 3.63) is 35.9 Å². The fourth-order valence-corrected chi connectivity index (χ4v) is 9.00. The van der Waals surface area contributed by atoms with Gasteiger partial charge in [-0.15, -0.1) is 0 Å². The van der Waals surface area contributed by atoms with Crippen molar-refractivity contribution in [3.63, 3.8) is 0 Å². The van der Waals surface area contributed by atoms with Crippen LogP contribution in [0.2, 0.25) is 0 Å². The zero-order valence-electron chi connectivity index (χ0n) is 49.9. The molecule has 85 heavy (non-hydrogen) atoms. The number of hydrogen-bond acceptors (Lipinski definition) is 20. The molecule has 30 nitrogen and oxygen atoms in total. The van der Waals surface area contributed by atoms with Crippen LogP contribution in [-0.2, 0) is 63.9 Å². The van der Waals surface area contributed by atoms with Gasteiger partial charge in [0.25, 0.3) is 0 Å². The molecule has 0 saturated carbocycles. The number of benzene rings is 1. The van der Waals surface area contributed by atoms with Gasteiger partial charge in [-0.1, -0.05) is 51.1 Å². The third kappa shape index (κ3) is 27.3. The Hall–Kier alpha value is -6.93. The second kappa shape index (κ2) is 39.6. The van der Waals surface area contributed by atoms with E-state index in [-0.39, 0.29) is 116 Å². The largest absolute Gasteiger partial charge is 0.462 e. The number of carbonyl (C=O) groups excluding carboxylic acids is 11. The topological polar surface area (TPSA) is 500 Å². The monoisotopic (exact) mass is 1200 g/mol. The van der Waals surface area contributed by atoms with Gasteiger partial charge in [-0.2, -0.15) is 0 Å². The van der Waals surface area contributed by atoms with Gasteiger partial charge in [0.05, 0.1) is 24.7 Å². The van der Waals surface area contributed by atoms with E-state index in [2.05, 4.69) is 58.5 Å². The minimum Gasteiger partial charge on any atom is -0.462 e. The Bertz CT molecular complexity index is 2320. The average Bonchev–Trinajstić information content (AvgIpc) is 3.67. The molecule has 23 N–H and O–H groups in total. The highest BCUT2D eigenvalue weighted by Gasteiger charge is 2.37. The van der Waals surface area contributed by atoms with Crippen molar-refractivity contribution >= 4 is 65.0 Å². The number of aliphatic hydroxyl groups is 2. The first-order valence-corrected chi connectivity index (χ1v) is 29.2. The van der Waals surface area contributed by atoms with Crippen LogP contribution in [0.5, 0.6) is 0 Å². The summed E-state index contributed by atoms with van der Waals surface area (Å²) < 4.78 is 5.23. The molecule has 10 amide bonds. The average molecular weight is 1210 g/mol. The molecule has 0 bridgehead atoms. The highest BCUT2D eigenvalue weighted by Crippen LogP contribution is 2.12. The van der Waals surface area contributed by atoms with Crippen LogP contribution in [0.4, 0.5) is 0 Å². The molecule has 1 aromatic rings. The summed E-state index contributed by atoms with van der Waals surface area (Å²) in [7, 11) is 0. The Labute approximate surface area is 497 Å². The van der Waals surface area contributed by atoms with E-state index in [0.29, 0.717) is 12.0 Å². The van der Waals surface area contributed by atoms with Gasteiger partial charge in [-0.05, 0) is 116 Å². The molecular formula is C55H96N16O14.